The van der Waals surface area contributed by atoms with E-state index in [2.05, 4.69) is 0 Å². The quantitative estimate of drug-likeness (QED) is 0.644. The minimum Gasteiger partial charge on any atom is -0.373 e. The zero-order valence-corrected chi connectivity index (χ0v) is 9.03. The summed E-state index contributed by atoms with van der Waals surface area (Å²) >= 11 is 0. The fourth-order valence-electron chi connectivity index (χ4n) is 1.79. The van der Waals surface area contributed by atoms with Crippen molar-refractivity contribution in [1.29, 1.82) is 0 Å². The van der Waals surface area contributed by atoms with Crippen molar-refractivity contribution in [2.75, 3.05) is 6.61 Å². The Balaban J connectivity index is 2.15. The van der Waals surface area contributed by atoms with E-state index < -0.39 is 15.1 Å². The lowest BCUT2D eigenvalue weighted by molar-refractivity contribution is -0.165. The molecule has 1 N–H and O–H groups in total. The van der Waals surface area contributed by atoms with E-state index in [1.165, 1.54) is 0 Å². The summed E-state index contributed by atoms with van der Waals surface area (Å²) in [7, 11) is -2.52. The molecule has 13 heavy (non-hydrogen) atoms. The van der Waals surface area contributed by atoms with E-state index in [-0.39, 0.29) is 11.6 Å². The third kappa shape index (κ3) is 1.67. The molecule has 0 aliphatic carbocycles. The first-order valence-corrected chi connectivity index (χ1v) is 6.60. The lowest BCUT2D eigenvalue weighted by atomic mass is 10.2. The summed E-state index contributed by atoms with van der Waals surface area (Å²) in [5.74, 6) is 0. The largest absolute Gasteiger partial charge is 0.505 e. The van der Waals surface area contributed by atoms with Crippen LogP contribution in [-0.4, -0.2) is 32.9 Å². The molecule has 3 unspecified atom stereocenters. The summed E-state index contributed by atoms with van der Waals surface area (Å²) in [4.78, 5) is 0. The molecule has 4 nitrogen and oxygen atoms in total. The third-order valence-electron chi connectivity index (χ3n) is 2.55. The highest BCUT2D eigenvalue weighted by Crippen LogP contribution is 2.36. The van der Waals surface area contributed by atoms with E-state index in [0.717, 1.165) is 6.42 Å². The maximum Gasteiger partial charge on any atom is 0.505 e. The lowest BCUT2D eigenvalue weighted by Gasteiger charge is -2.45. The van der Waals surface area contributed by atoms with E-state index in [1.54, 1.807) is 0 Å². The zero-order valence-electron chi connectivity index (χ0n) is 8.03. The Bertz CT molecular complexity index is 195. The second-order valence-electron chi connectivity index (χ2n) is 3.94. The first-order chi connectivity index (χ1) is 6.12. The average Bonchev–Trinajstić information content (AvgIpc) is 2.02. The number of hydrogen-bond donors (Lipinski definition) is 1. The van der Waals surface area contributed by atoms with E-state index in [9.17, 15) is 5.11 Å². The van der Waals surface area contributed by atoms with Gasteiger partial charge in [0.25, 0.3) is 0 Å². The molecule has 2 aliphatic rings. The van der Waals surface area contributed by atoms with Gasteiger partial charge in [-0.15, -0.1) is 0 Å². The van der Waals surface area contributed by atoms with Crippen LogP contribution in [0.2, 0.25) is 5.54 Å². The van der Waals surface area contributed by atoms with Gasteiger partial charge in [0.15, 0.2) is 6.29 Å². The molecule has 76 valence electrons. The molecule has 2 saturated heterocycles. The average molecular weight is 204 g/mol. The summed E-state index contributed by atoms with van der Waals surface area (Å²) in [5.41, 5.74) is 0.227. The molecule has 0 spiro atoms. The van der Waals surface area contributed by atoms with Crippen molar-refractivity contribution in [1.82, 2.24) is 0 Å². The third-order valence-corrected chi connectivity index (χ3v) is 5.83. The smallest absolute Gasteiger partial charge is 0.373 e. The highest BCUT2D eigenvalue weighted by molar-refractivity contribution is 6.62. The van der Waals surface area contributed by atoms with Crippen molar-refractivity contribution < 1.29 is 18.4 Å². The van der Waals surface area contributed by atoms with Crippen molar-refractivity contribution in [3.05, 3.63) is 0 Å². The SMILES string of the molecule is CC(C)[Si]12OCCC(CC(O)O1)O2. The molecule has 5 heteroatoms. The van der Waals surface area contributed by atoms with Crippen LogP contribution in [0.1, 0.15) is 26.7 Å². The van der Waals surface area contributed by atoms with Gasteiger partial charge in [-0.2, -0.15) is 0 Å². The highest BCUT2D eigenvalue weighted by Gasteiger charge is 2.54. The van der Waals surface area contributed by atoms with Gasteiger partial charge in [0.05, 0.1) is 6.10 Å². The predicted molar refractivity (Wildman–Crippen MR) is 48.0 cm³/mol. The Morgan fingerprint density at radius 3 is 2.85 bits per heavy atom. The number of hydrogen-bond acceptors (Lipinski definition) is 4. The van der Waals surface area contributed by atoms with Crippen molar-refractivity contribution in [2.24, 2.45) is 0 Å². The standard InChI is InChI=1S/C8H16O4Si/c1-6(2)13-10-4-3-7(11-13)5-8(9)12-13/h6-9H,3-5H2,1-2H3. The highest BCUT2D eigenvalue weighted by atomic mass is 28.4. The predicted octanol–water partition coefficient (Wildman–Crippen LogP) is 0.879. The minimum absolute atomic E-state index is 0.145. The molecule has 0 aromatic heterocycles. The minimum atomic E-state index is -2.52. The Kier molecular flexibility index (Phi) is 2.46. The van der Waals surface area contributed by atoms with Gasteiger partial charge >= 0.3 is 8.80 Å². The van der Waals surface area contributed by atoms with Gasteiger partial charge in [0.2, 0.25) is 0 Å². The Morgan fingerprint density at radius 2 is 2.15 bits per heavy atom. The van der Waals surface area contributed by atoms with Gasteiger partial charge in [-0.1, -0.05) is 13.8 Å². The number of aliphatic hydroxyl groups excluding tert-OH is 1. The molecular weight excluding hydrogens is 188 g/mol. The van der Waals surface area contributed by atoms with Crippen molar-refractivity contribution in [3.63, 3.8) is 0 Å². The van der Waals surface area contributed by atoms with Crippen molar-refractivity contribution in [3.8, 4) is 0 Å². The van der Waals surface area contributed by atoms with Gasteiger partial charge in [0, 0.05) is 18.6 Å². The van der Waals surface area contributed by atoms with Gasteiger partial charge in [-0.05, 0) is 6.42 Å². The molecule has 2 rings (SSSR count). The van der Waals surface area contributed by atoms with Crippen LogP contribution in [0.5, 0.6) is 0 Å². The number of rotatable bonds is 1. The van der Waals surface area contributed by atoms with Gasteiger partial charge in [-0.3, -0.25) is 0 Å². The van der Waals surface area contributed by atoms with Crippen LogP contribution >= 0.6 is 0 Å². The summed E-state index contributed by atoms with van der Waals surface area (Å²) < 4.78 is 16.8. The summed E-state index contributed by atoms with van der Waals surface area (Å²) in [6, 6.07) is 0. The fraction of sp³-hybridized carbons (Fsp3) is 1.00. The fourth-order valence-corrected chi connectivity index (χ4v) is 4.41. The van der Waals surface area contributed by atoms with E-state index >= 15 is 0 Å². The van der Waals surface area contributed by atoms with Crippen LogP contribution in [-0.2, 0) is 13.3 Å². The first kappa shape index (κ1) is 9.61. The van der Waals surface area contributed by atoms with Crippen LogP contribution in [0.25, 0.3) is 0 Å². The normalized spacial score (nSPS) is 45.2. The molecular formula is C8H16O4Si. The van der Waals surface area contributed by atoms with Gasteiger partial charge < -0.3 is 18.4 Å². The van der Waals surface area contributed by atoms with Crippen molar-refractivity contribution in [2.45, 2.75) is 44.6 Å². The molecule has 2 fully saturated rings. The molecule has 0 amide bonds. The zero-order chi connectivity index (χ0) is 9.47. The molecule has 0 aromatic carbocycles. The van der Waals surface area contributed by atoms with Crippen LogP contribution in [0.3, 0.4) is 0 Å². The summed E-state index contributed by atoms with van der Waals surface area (Å²) in [6.07, 6.45) is 0.923. The molecule has 0 aromatic rings. The molecule has 2 aliphatic heterocycles. The van der Waals surface area contributed by atoms with Crippen LogP contribution < -0.4 is 0 Å². The topological polar surface area (TPSA) is 47.9 Å². The molecule has 0 radical (unpaired) electrons. The summed E-state index contributed by atoms with van der Waals surface area (Å²) in [6.45, 7) is 4.75. The molecule has 0 saturated carbocycles. The summed E-state index contributed by atoms with van der Waals surface area (Å²) in [5, 5.41) is 9.48. The monoisotopic (exact) mass is 204 g/mol. The second-order valence-corrected chi connectivity index (χ2v) is 7.07. The van der Waals surface area contributed by atoms with Crippen molar-refractivity contribution >= 4 is 8.80 Å². The molecule has 2 bridgehead atoms. The number of fused-ring (bicyclic) bond motifs is 2. The lowest BCUT2D eigenvalue weighted by Crippen LogP contribution is -2.60. The van der Waals surface area contributed by atoms with Gasteiger partial charge in [0.1, 0.15) is 0 Å². The van der Waals surface area contributed by atoms with Crippen LogP contribution in [0.15, 0.2) is 0 Å². The van der Waals surface area contributed by atoms with E-state index in [0.29, 0.717) is 13.0 Å². The van der Waals surface area contributed by atoms with E-state index in [4.69, 9.17) is 13.3 Å². The van der Waals surface area contributed by atoms with Crippen LogP contribution in [0, 0.1) is 0 Å². The van der Waals surface area contributed by atoms with Gasteiger partial charge in [-0.25, -0.2) is 0 Å². The second kappa shape index (κ2) is 3.32. The van der Waals surface area contributed by atoms with E-state index in [1.807, 2.05) is 13.8 Å². The molecule has 2 heterocycles. The Hall–Kier alpha value is 0.0569. The molecule has 3 atom stereocenters. The maximum atomic E-state index is 9.48. The maximum absolute atomic E-state index is 9.48. The number of aliphatic hydroxyl groups is 1. The Labute approximate surface area is 79.2 Å². The Morgan fingerprint density at radius 1 is 1.38 bits per heavy atom. The first-order valence-electron chi connectivity index (χ1n) is 4.80. The van der Waals surface area contributed by atoms with Crippen LogP contribution in [0.4, 0.5) is 0 Å².